The van der Waals surface area contributed by atoms with Gasteiger partial charge < -0.3 is 5.32 Å². The van der Waals surface area contributed by atoms with Crippen molar-refractivity contribution in [3.63, 3.8) is 0 Å². The van der Waals surface area contributed by atoms with Crippen LogP contribution in [0.4, 0.5) is 0 Å². The molecule has 0 aromatic rings. The maximum atomic E-state index is 10.7. The third kappa shape index (κ3) is 9.91. The molecule has 0 heterocycles. The second kappa shape index (κ2) is 6.43. The van der Waals surface area contributed by atoms with E-state index in [1.807, 2.05) is 0 Å². The first-order valence-corrected chi connectivity index (χ1v) is 6.50. The van der Waals surface area contributed by atoms with Crippen molar-refractivity contribution in [3.05, 3.63) is 0 Å². The molecule has 0 saturated carbocycles. The molecule has 0 aromatic heterocycles. The largest absolute Gasteiger partial charge is 0.317 e. The van der Waals surface area contributed by atoms with Crippen LogP contribution in [0, 0.1) is 0 Å². The van der Waals surface area contributed by atoms with E-state index in [0.717, 1.165) is 19.5 Å². The summed E-state index contributed by atoms with van der Waals surface area (Å²) in [7, 11) is -2.76. The van der Waals surface area contributed by atoms with E-state index in [1.165, 1.54) is 19.1 Å². The summed E-state index contributed by atoms with van der Waals surface area (Å²) in [5.74, 6) is 0.298. The molecule has 0 aliphatic heterocycles. The maximum absolute atomic E-state index is 10.7. The van der Waals surface area contributed by atoms with Gasteiger partial charge in [-0.2, -0.15) is 0 Å². The molecule has 74 valence electrons. The van der Waals surface area contributed by atoms with Crippen molar-refractivity contribution in [1.29, 1.82) is 0 Å². The minimum Gasteiger partial charge on any atom is -0.317 e. The first-order valence-electron chi connectivity index (χ1n) is 4.44. The highest BCUT2D eigenvalue weighted by Crippen LogP contribution is 1.87. The number of hydrogen-bond donors (Lipinski definition) is 1. The highest BCUT2D eigenvalue weighted by atomic mass is 32.2. The molecule has 3 nitrogen and oxygen atoms in total. The number of nitrogens with one attached hydrogen (secondary N) is 1. The van der Waals surface area contributed by atoms with Crippen molar-refractivity contribution in [2.45, 2.75) is 26.2 Å². The topological polar surface area (TPSA) is 46.2 Å². The molecular formula is C8H19NO2S. The highest BCUT2D eigenvalue weighted by Gasteiger charge is 1.99. The molecule has 0 radical (unpaired) electrons. The van der Waals surface area contributed by atoms with E-state index < -0.39 is 9.84 Å². The minimum absolute atomic E-state index is 0.298. The average molecular weight is 193 g/mol. The molecule has 0 rings (SSSR count). The van der Waals surface area contributed by atoms with Crippen molar-refractivity contribution >= 4 is 9.84 Å². The van der Waals surface area contributed by atoms with Gasteiger partial charge in [0.05, 0.1) is 5.75 Å². The van der Waals surface area contributed by atoms with E-state index in [-0.39, 0.29) is 0 Å². The zero-order chi connectivity index (χ0) is 9.45. The summed E-state index contributed by atoms with van der Waals surface area (Å²) in [5, 5.41) is 3.19. The van der Waals surface area contributed by atoms with Gasteiger partial charge in [0.15, 0.2) is 0 Å². The zero-order valence-corrected chi connectivity index (χ0v) is 8.78. The van der Waals surface area contributed by atoms with E-state index in [2.05, 4.69) is 12.2 Å². The lowest BCUT2D eigenvalue weighted by atomic mass is 10.3. The van der Waals surface area contributed by atoms with E-state index in [4.69, 9.17) is 0 Å². The van der Waals surface area contributed by atoms with E-state index in [1.54, 1.807) is 0 Å². The summed E-state index contributed by atoms with van der Waals surface area (Å²) >= 11 is 0. The maximum Gasteiger partial charge on any atom is 0.147 e. The Morgan fingerprint density at radius 3 is 2.25 bits per heavy atom. The van der Waals surface area contributed by atoms with Crippen molar-refractivity contribution < 1.29 is 8.42 Å². The third-order valence-electron chi connectivity index (χ3n) is 1.58. The van der Waals surface area contributed by atoms with Crippen molar-refractivity contribution in [2.24, 2.45) is 0 Å². The van der Waals surface area contributed by atoms with Gasteiger partial charge >= 0.3 is 0 Å². The average Bonchev–Trinajstić information content (AvgIpc) is 1.94. The van der Waals surface area contributed by atoms with Crippen LogP contribution >= 0.6 is 0 Å². The van der Waals surface area contributed by atoms with Crippen LogP contribution in [0.2, 0.25) is 0 Å². The second-order valence-corrected chi connectivity index (χ2v) is 5.35. The molecular weight excluding hydrogens is 174 g/mol. The Bertz CT molecular complexity index is 187. The van der Waals surface area contributed by atoms with E-state index >= 15 is 0 Å². The molecule has 12 heavy (non-hydrogen) atoms. The lowest BCUT2D eigenvalue weighted by Gasteiger charge is -2.01. The fourth-order valence-electron chi connectivity index (χ4n) is 0.886. The number of rotatable bonds is 7. The molecule has 0 saturated heterocycles. The van der Waals surface area contributed by atoms with Crippen molar-refractivity contribution in [3.8, 4) is 0 Å². The molecule has 0 bridgehead atoms. The Morgan fingerprint density at radius 2 is 1.75 bits per heavy atom. The summed E-state index contributed by atoms with van der Waals surface area (Å²) in [6.07, 6.45) is 4.35. The Kier molecular flexibility index (Phi) is 6.38. The fraction of sp³-hybridized carbons (Fsp3) is 1.00. The van der Waals surface area contributed by atoms with Gasteiger partial charge in [0.25, 0.3) is 0 Å². The number of sulfone groups is 1. The standard InChI is InChI=1S/C8H19NO2S/c1-3-4-6-9-7-5-8-12(2,10)11/h9H,3-8H2,1-2H3. The smallest absolute Gasteiger partial charge is 0.147 e. The molecule has 0 aliphatic carbocycles. The molecule has 0 fully saturated rings. The summed E-state index contributed by atoms with van der Waals surface area (Å²) in [4.78, 5) is 0. The van der Waals surface area contributed by atoms with Crippen LogP contribution < -0.4 is 5.32 Å². The van der Waals surface area contributed by atoms with Crippen molar-refractivity contribution in [1.82, 2.24) is 5.32 Å². The van der Waals surface area contributed by atoms with Crippen LogP contribution in [0.1, 0.15) is 26.2 Å². The van der Waals surface area contributed by atoms with Crippen molar-refractivity contribution in [2.75, 3.05) is 25.1 Å². The third-order valence-corrected chi connectivity index (χ3v) is 2.61. The van der Waals surface area contributed by atoms with Gasteiger partial charge in [0.1, 0.15) is 9.84 Å². The van der Waals surface area contributed by atoms with Gasteiger partial charge in [-0.25, -0.2) is 8.42 Å². The number of hydrogen-bond acceptors (Lipinski definition) is 3. The second-order valence-electron chi connectivity index (χ2n) is 3.09. The normalized spacial score (nSPS) is 11.8. The molecule has 0 aliphatic rings. The first-order chi connectivity index (χ1) is 5.56. The Morgan fingerprint density at radius 1 is 1.17 bits per heavy atom. The SMILES string of the molecule is CCCCNCCCS(C)(=O)=O. The molecule has 1 N–H and O–H groups in total. The first kappa shape index (κ1) is 11.9. The zero-order valence-electron chi connectivity index (χ0n) is 7.97. The molecule has 0 atom stereocenters. The van der Waals surface area contributed by atoms with Crippen LogP contribution in [-0.4, -0.2) is 33.5 Å². The predicted octanol–water partition coefficient (Wildman–Crippen LogP) is 0.811. The molecule has 0 aromatic carbocycles. The van der Waals surface area contributed by atoms with Gasteiger partial charge in [0.2, 0.25) is 0 Å². The summed E-state index contributed by atoms with van der Waals surface area (Å²) < 4.78 is 21.4. The highest BCUT2D eigenvalue weighted by molar-refractivity contribution is 7.90. The number of unbranched alkanes of at least 4 members (excludes halogenated alkanes) is 1. The lowest BCUT2D eigenvalue weighted by Crippen LogP contribution is -2.19. The van der Waals surface area contributed by atoms with Gasteiger partial charge in [0, 0.05) is 6.26 Å². The monoisotopic (exact) mass is 193 g/mol. The minimum atomic E-state index is -2.76. The van der Waals surface area contributed by atoms with Gasteiger partial charge in [-0.15, -0.1) is 0 Å². The molecule has 0 amide bonds. The van der Waals surface area contributed by atoms with Crippen LogP contribution in [-0.2, 0) is 9.84 Å². The van der Waals surface area contributed by atoms with Crippen LogP contribution in [0.3, 0.4) is 0 Å². The summed E-state index contributed by atoms with van der Waals surface area (Å²) in [6.45, 7) is 3.95. The Hall–Kier alpha value is -0.0900. The fourth-order valence-corrected chi connectivity index (χ4v) is 1.55. The quantitative estimate of drug-likeness (QED) is 0.609. The molecule has 0 unspecified atom stereocenters. The summed E-state index contributed by atoms with van der Waals surface area (Å²) in [5.41, 5.74) is 0. The Labute approximate surface area is 75.5 Å². The van der Waals surface area contributed by atoms with Crippen LogP contribution in [0.15, 0.2) is 0 Å². The lowest BCUT2D eigenvalue weighted by molar-refractivity contribution is 0.591. The van der Waals surface area contributed by atoms with E-state index in [9.17, 15) is 8.42 Å². The van der Waals surface area contributed by atoms with Gasteiger partial charge in [-0.3, -0.25) is 0 Å². The Balaban J connectivity index is 3.12. The summed E-state index contributed by atoms with van der Waals surface area (Å²) in [6, 6.07) is 0. The molecule has 4 heteroatoms. The van der Waals surface area contributed by atoms with Gasteiger partial charge in [-0.05, 0) is 25.9 Å². The van der Waals surface area contributed by atoms with E-state index in [0.29, 0.717) is 5.75 Å². The van der Waals surface area contributed by atoms with Gasteiger partial charge in [-0.1, -0.05) is 13.3 Å². The molecule has 0 spiro atoms. The predicted molar refractivity (Wildman–Crippen MR) is 52.1 cm³/mol. The van der Waals surface area contributed by atoms with Crippen LogP contribution in [0.5, 0.6) is 0 Å². The van der Waals surface area contributed by atoms with Crippen LogP contribution in [0.25, 0.3) is 0 Å².